The number of carbonyl (C=O) groups excluding carboxylic acids is 1. The number of fused-ring (bicyclic) bond motifs is 4. The number of anilines is 2. The third-order valence-electron chi connectivity index (χ3n) is 10.7. The number of ether oxygens (including phenoxy) is 1. The van der Waals surface area contributed by atoms with Crippen molar-refractivity contribution in [3.05, 3.63) is 82.9 Å². The number of hydrogen-bond donors (Lipinski definition) is 1. The fourth-order valence-corrected chi connectivity index (χ4v) is 9.09. The second kappa shape index (κ2) is 16.5. The maximum Gasteiger partial charge on any atom is 0.264 e. The molecule has 12 heteroatoms. The molecule has 300 valence electrons. The van der Waals surface area contributed by atoms with Crippen LogP contribution in [0.25, 0.3) is 11.3 Å². The molecule has 2 aromatic carbocycles. The van der Waals surface area contributed by atoms with E-state index >= 15 is 0 Å². The molecule has 0 unspecified atom stereocenters. The van der Waals surface area contributed by atoms with E-state index in [-0.39, 0.29) is 52.2 Å². The van der Waals surface area contributed by atoms with Gasteiger partial charge in [0.25, 0.3) is 15.9 Å². The Balaban J connectivity index is 1.45. The van der Waals surface area contributed by atoms with Gasteiger partial charge in [0.2, 0.25) is 11.8 Å². The van der Waals surface area contributed by atoms with Crippen molar-refractivity contribution in [2.24, 2.45) is 16.7 Å². The van der Waals surface area contributed by atoms with E-state index in [1.54, 1.807) is 29.4 Å². The van der Waals surface area contributed by atoms with E-state index in [0.717, 1.165) is 29.8 Å². The van der Waals surface area contributed by atoms with E-state index in [0.29, 0.717) is 29.4 Å². The lowest BCUT2D eigenvalue weighted by molar-refractivity contribution is 0.0504. The fourth-order valence-electron chi connectivity index (χ4n) is 8.10. The molecule has 3 heterocycles. The summed E-state index contributed by atoms with van der Waals surface area (Å²) in [6.45, 7) is 17.9. The SMILES string of the molecule is Cc1cccc(CC2CCCCC2)c1-c1nc2nc(c1C)OC[C@@H](CC(C)(C)C)N(Cc1ncc(N(C)CC(C)(C)C)cn1)C(=O)c1cccc(c1)S(=O)(=O)N2. The Morgan fingerprint density at radius 1 is 0.929 bits per heavy atom. The normalized spacial score (nSPS) is 17.9. The van der Waals surface area contributed by atoms with E-state index in [1.165, 1.54) is 49.8 Å². The zero-order valence-corrected chi connectivity index (χ0v) is 35.5. The average molecular weight is 782 g/mol. The summed E-state index contributed by atoms with van der Waals surface area (Å²) in [4.78, 5) is 37.4. The standard InChI is InChI=1S/C44H59N7O4S/c1-29-15-13-18-32(21-31-16-11-10-12-17-31)38(29)39-30(2)40-48-42(47-39)49-56(53,54)36-20-14-19-33(22-36)41(52)51(34(27-55-40)23-43(3,4)5)26-37-45-24-35(25-46-37)50(9)28-44(6,7)8/h13-15,18-20,22,24-25,31,34H,10-12,16-17,21,23,26-28H2,1-9H3,(H,47,48,49)/t34-/m1/s1. The van der Waals surface area contributed by atoms with Crippen molar-refractivity contribution in [3.63, 3.8) is 0 Å². The molecule has 2 aromatic heterocycles. The number of benzene rings is 2. The minimum Gasteiger partial charge on any atom is -0.475 e. The quantitative estimate of drug-likeness (QED) is 0.186. The van der Waals surface area contributed by atoms with Gasteiger partial charge in [-0.25, -0.2) is 28.1 Å². The summed E-state index contributed by atoms with van der Waals surface area (Å²) in [5, 5.41) is 0. The van der Waals surface area contributed by atoms with Crippen LogP contribution in [0.15, 0.2) is 59.8 Å². The van der Waals surface area contributed by atoms with Crippen LogP contribution in [0, 0.1) is 30.6 Å². The largest absolute Gasteiger partial charge is 0.475 e. The molecule has 1 aliphatic carbocycles. The van der Waals surface area contributed by atoms with Crippen LogP contribution in [0.4, 0.5) is 11.6 Å². The number of nitrogens with one attached hydrogen (secondary N) is 1. The van der Waals surface area contributed by atoms with Gasteiger partial charge in [-0.05, 0) is 72.8 Å². The molecule has 0 spiro atoms. The Bertz CT molecular complexity index is 2140. The van der Waals surface area contributed by atoms with Crippen LogP contribution in [-0.2, 0) is 23.0 Å². The number of rotatable bonds is 8. The molecule has 1 atom stereocenters. The van der Waals surface area contributed by atoms with Gasteiger partial charge in [-0.15, -0.1) is 0 Å². The highest BCUT2D eigenvalue weighted by Crippen LogP contribution is 2.37. The number of carbonyl (C=O) groups is 1. The van der Waals surface area contributed by atoms with Crippen molar-refractivity contribution in [2.45, 2.75) is 118 Å². The summed E-state index contributed by atoms with van der Waals surface area (Å²) in [6.07, 6.45) is 11.2. The molecule has 0 radical (unpaired) electrons. The van der Waals surface area contributed by atoms with E-state index < -0.39 is 16.1 Å². The first-order valence-electron chi connectivity index (χ1n) is 19.9. The van der Waals surface area contributed by atoms with Crippen molar-refractivity contribution >= 4 is 27.6 Å². The Morgan fingerprint density at radius 2 is 1.62 bits per heavy atom. The lowest BCUT2D eigenvalue weighted by Crippen LogP contribution is -2.45. The Hall–Kier alpha value is -4.58. The smallest absolute Gasteiger partial charge is 0.264 e. The Labute approximate surface area is 333 Å². The van der Waals surface area contributed by atoms with E-state index in [4.69, 9.17) is 19.7 Å². The monoisotopic (exact) mass is 781 g/mol. The summed E-state index contributed by atoms with van der Waals surface area (Å²) in [7, 11) is -2.20. The van der Waals surface area contributed by atoms with Gasteiger partial charge in [0.1, 0.15) is 12.4 Å². The molecule has 4 bridgehead atoms. The molecule has 1 fully saturated rings. The summed E-state index contributed by atoms with van der Waals surface area (Å²) in [6, 6.07) is 12.0. The zero-order chi connectivity index (χ0) is 40.4. The van der Waals surface area contributed by atoms with Gasteiger partial charge in [0.15, 0.2) is 0 Å². The molecule has 2 aliphatic rings. The van der Waals surface area contributed by atoms with Crippen LogP contribution in [0.3, 0.4) is 0 Å². The van der Waals surface area contributed by atoms with Gasteiger partial charge in [-0.2, -0.15) is 4.98 Å². The van der Waals surface area contributed by atoms with Crippen molar-refractivity contribution in [1.29, 1.82) is 0 Å². The number of aromatic nitrogens is 4. The van der Waals surface area contributed by atoms with Gasteiger partial charge in [-0.1, -0.05) is 97.9 Å². The summed E-state index contributed by atoms with van der Waals surface area (Å²) >= 11 is 0. The third-order valence-corrected chi connectivity index (χ3v) is 12.0. The van der Waals surface area contributed by atoms with Crippen molar-refractivity contribution in [3.8, 4) is 17.1 Å². The van der Waals surface area contributed by atoms with E-state index in [2.05, 4.69) is 81.3 Å². The van der Waals surface area contributed by atoms with Gasteiger partial charge in [-0.3, -0.25) is 4.79 Å². The predicted molar refractivity (Wildman–Crippen MR) is 222 cm³/mol. The van der Waals surface area contributed by atoms with E-state index in [9.17, 15) is 13.2 Å². The van der Waals surface area contributed by atoms with Gasteiger partial charge in [0, 0.05) is 30.3 Å². The van der Waals surface area contributed by atoms with Crippen LogP contribution in [0.5, 0.6) is 5.88 Å². The Kier molecular flexibility index (Phi) is 12.1. The highest BCUT2D eigenvalue weighted by Gasteiger charge is 2.33. The molecule has 6 rings (SSSR count). The van der Waals surface area contributed by atoms with Crippen LogP contribution in [0.1, 0.15) is 113 Å². The van der Waals surface area contributed by atoms with Crippen molar-refractivity contribution in [2.75, 3.05) is 29.8 Å². The molecule has 56 heavy (non-hydrogen) atoms. The Morgan fingerprint density at radius 3 is 2.30 bits per heavy atom. The van der Waals surface area contributed by atoms with E-state index in [1.807, 2.05) is 14.0 Å². The molecular weight excluding hydrogens is 723 g/mol. The van der Waals surface area contributed by atoms with Crippen LogP contribution >= 0.6 is 0 Å². The van der Waals surface area contributed by atoms with Crippen molar-refractivity contribution < 1.29 is 17.9 Å². The minimum absolute atomic E-state index is 0.0699. The highest BCUT2D eigenvalue weighted by molar-refractivity contribution is 7.92. The second-order valence-electron chi connectivity index (χ2n) is 18.2. The first-order chi connectivity index (χ1) is 26.4. The summed E-state index contributed by atoms with van der Waals surface area (Å²) in [5.74, 6) is 0.879. The average Bonchev–Trinajstić information content (AvgIpc) is 3.13. The molecular formula is C44H59N7O4S. The van der Waals surface area contributed by atoms with Gasteiger partial charge < -0.3 is 14.5 Å². The lowest BCUT2D eigenvalue weighted by Gasteiger charge is -2.35. The summed E-state index contributed by atoms with van der Waals surface area (Å²) in [5.41, 5.74) is 5.51. The highest BCUT2D eigenvalue weighted by atomic mass is 32.2. The molecule has 1 N–H and O–H groups in total. The number of sulfonamides is 1. The number of nitrogens with zero attached hydrogens (tertiary/aromatic N) is 6. The minimum atomic E-state index is -4.21. The molecule has 0 saturated heterocycles. The second-order valence-corrected chi connectivity index (χ2v) is 19.9. The number of hydrogen-bond acceptors (Lipinski definition) is 9. The molecule has 1 saturated carbocycles. The predicted octanol–water partition coefficient (Wildman–Crippen LogP) is 8.80. The van der Waals surface area contributed by atoms with Crippen LogP contribution in [-0.4, -0.2) is 65.4 Å². The molecule has 11 nitrogen and oxygen atoms in total. The third kappa shape index (κ3) is 10.0. The molecule has 1 amide bonds. The topological polar surface area (TPSA) is 131 Å². The fraction of sp³-hybridized carbons (Fsp3) is 0.523. The van der Waals surface area contributed by atoms with Gasteiger partial charge >= 0.3 is 0 Å². The molecule has 1 aliphatic heterocycles. The zero-order valence-electron chi connectivity index (χ0n) is 34.6. The summed E-state index contributed by atoms with van der Waals surface area (Å²) < 4.78 is 37.3. The maximum atomic E-state index is 14.7. The number of aryl methyl sites for hydroxylation is 1. The lowest BCUT2D eigenvalue weighted by atomic mass is 9.82. The van der Waals surface area contributed by atoms with Crippen LogP contribution in [0.2, 0.25) is 0 Å². The van der Waals surface area contributed by atoms with Gasteiger partial charge in [0.05, 0.1) is 41.3 Å². The van der Waals surface area contributed by atoms with Crippen molar-refractivity contribution in [1.82, 2.24) is 24.8 Å². The maximum absolute atomic E-state index is 14.7. The van der Waals surface area contributed by atoms with Crippen LogP contribution < -0.4 is 14.4 Å². The first kappa shape index (κ1) is 41.1. The first-order valence-corrected chi connectivity index (χ1v) is 21.4. The molecule has 4 aromatic rings. The number of amides is 1.